The van der Waals surface area contributed by atoms with Crippen LogP contribution in [0.4, 0.5) is 0 Å². The molecule has 0 aromatic carbocycles. The standard InChI is InChI=1S/2C10H15.C8H6N2.2Fe/c2*1-6-7(2)9(4)10(5)8(6)3;1-3-7(9-5-1)8-4-2-6-10-8;;/h2*1-5H3;1-6H;;/q;;;2*+2. The van der Waals surface area contributed by atoms with Crippen molar-refractivity contribution >= 4 is 0 Å². The fourth-order valence-electron chi connectivity index (χ4n) is 3.72. The molecule has 2 aliphatic carbocycles. The van der Waals surface area contributed by atoms with E-state index in [0.717, 1.165) is 12.1 Å². The van der Waals surface area contributed by atoms with E-state index in [1.807, 2.05) is 25.7 Å². The van der Waals surface area contributed by atoms with Crippen molar-refractivity contribution in [2.75, 3.05) is 0 Å². The van der Waals surface area contributed by atoms with Crippen molar-refractivity contribution in [3.8, 4) is 0 Å². The maximum atomic E-state index is 4.10. The third-order valence-electron chi connectivity index (χ3n) is 6.99. The molecule has 0 amide bonds. The monoisotopic (exact) mass is 512 g/mol. The van der Waals surface area contributed by atoms with Gasteiger partial charge in [0.05, 0.1) is 12.1 Å². The third kappa shape index (κ3) is 7.99. The zero-order valence-corrected chi connectivity index (χ0v) is 23.3. The van der Waals surface area contributed by atoms with Crippen molar-refractivity contribution in [1.29, 1.82) is 0 Å². The smallest absolute Gasteiger partial charge is 0.225 e. The van der Waals surface area contributed by atoms with Gasteiger partial charge in [0.2, 0.25) is 0 Å². The Morgan fingerprint density at radius 3 is 0.688 bits per heavy atom. The average molecular weight is 512 g/mol. The molecule has 0 aromatic rings. The van der Waals surface area contributed by atoms with Crippen molar-refractivity contribution in [3.63, 3.8) is 0 Å². The molecular formula is C28H36Fe2N2+4. The zero-order valence-electron chi connectivity index (χ0n) is 21.1. The molecule has 4 heteroatoms. The van der Waals surface area contributed by atoms with Crippen LogP contribution in [0.2, 0.25) is 0 Å². The second-order valence-corrected chi connectivity index (χ2v) is 8.30. The van der Waals surface area contributed by atoms with Crippen molar-refractivity contribution < 1.29 is 34.1 Å². The van der Waals surface area contributed by atoms with Crippen LogP contribution in [0.25, 0.3) is 0 Å². The van der Waals surface area contributed by atoms with Crippen molar-refractivity contribution in [3.05, 3.63) is 110 Å². The van der Waals surface area contributed by atoms with Gasteiger partial charge in [-0.25, -0.2) is 10.6 Å². The molecule has 2 aliphatic heterocycles. The van der Waals surface area contributed by atoms with Gasteiger partial charge in [-0.2, -0.15) is 0 Å². The summed E-state index contributed by atoms with van der Waals surface area (Å²) >= 11 is 0. The van der Waals surface area contributed by atoms with Gasteiger partial charge in [0, 0.05) is 13.1 Å². The maximum absolute atomic E-state index is 4.10. The van der Waals surface area contributed by atoms with Gasteiger partial charge in [0.1, 0.15) is 0 Å². The molecule has 2 saturated heterocycles. The van der Waals surface area contributed by atoms with E-state index in [1.54, 1.807) is 13.1 Å². The van der Waals surface area contributed by atoms with Gasteiger partial charge in [-0.1, -0.05) is 69.2 Å². The summed E-state index contributed by atoms with van der Waals surface area (Å²) in [7, 11) is 0. The minimum Gasteiger partial charge on any atom is -0.225 e. The maximum Gasteiger partial charge on any atom is 2.00 e. The van der Waals surface area contributed by atoms with Gasteiger partial charge in [0.15, 0.2) is 0 Å². The van der Waals surface area contributed by atoms with Gasteiger partial charge in [0.25, 0.3) is 0 Å². The van der Waals surface area contributed by atoms with Crippen molar-refractivity contribution in [2.45, 2.75) is 69.2 Å². The average Bonchev–Trinajstić information content (AvgIpc) is 3.52. The largest absolute Gasteiger partial charge is 2.00 e. The summed E-state index contributed by atoms with van der Waals surface area (Å²) in [6.45, 7) is 25.5. The van der Waals surface area contributed by atoms with E-state index in [4.69, 9.17) is 0 Å². The van der Waals surface area contributed by atoms with Gasteiger partial charge < -0.3 is 0 Å². The Morgan fingerprint density at radius 2 is 0.562 bits per heavy atom. The molecule has 4 rings (SSSR count). The van der Waals surface area contributed by atoms with Crippen molar-refractivity contribution in [1.82, 2.24) is 10.6 Å². The molecule has 2 nitrogen and oxygen atoms in total. The van der Waals surface area contributed by atoms with Crippen LogP contribution in [-0.4, -0.2) is 0 Å². The fourth-order valence-corrected chi connectivity index (χ4v) is 3.72. The molecule has 20 radical (unpaired) electrons. The van der Waals surface area contributed by atoms with Crippen LogP contribution in [0.1, 0.15) is 69.2 Å². The quantitative estimate of drug-likeness (QED) is 0.366. The van der Waals surface area contributed by atoms with Crippen LogP contribution in [0.15, 0.2) is 0 Å². The Balaban J connectivity index is 0.000000437. The van der Waals surface area contributed by atoms with Gasteiger partial charge in [-0.3, -0.25) is 0 Å². The fraction of sp³-hybridized carbons (Fsp3) is 0.357. The Bertz CT molecular complexity index is 356. The van der Waals surface area contributed by atoms with Gasteiger partial charge in [-0.05, 0) is 84.9 Å². The first-order valence-corrected chi connectivity index (χ1v) is 10.6. The van der Waals surface area contributed by atoms with E-state index in [9.17, 15) is 0 Å². The molecule has 0 unspecified atom stereocenters. The molecule has 0 atom stereocenters. The zero-order chi connectivity index (χ0) is 22.6. The SMILES string of the molecule is C[C]1[C](C)[C](C)[C](C)[C]1C.C[C]1[C](C)[C](C)[C](C)[C]1C.[CH]1[CH][N][C]([C]2[CH][CH][CH][N]2)[CH]1.[Fe+2].[Fe+2]. The number of rotatable bonds is 1. The summed E-state index contributed by atoms with van der Waals surface area (Å²) in [4.78, 5) is 0. The van der Waals surface area contributed by atoms with Crippen LogP contribution in [-0.2, 0) is 34.1 Å². The molecule has 2 saturated carbocycles. The molecule has 0 N–H and O–H groups in total. The van der Waals surface area contributed by atoms with Crippen LogP contribution < -0.4 is 10.6 Å². The minimum atomic E-state index is 0. The summed E-state index contributed by atoms with van der Waals surface area (Å²) in [6, 6.07) is 1.90. The van der Waals surface area contributed by atoms with E-state index in [1.165, 1.54) is 59.2 Å². The summed E-state index contributed by atoms with van der Waals surface area (Å²) in [5, 5.41) is 8.19. The molecule has 32 heavy (non-hydrogen) atoms. The summed E-state index contributed by atoms with van der Waals surface area (Å²) in [5.41, 5.74) is 0. The third-order valence-corrected chi connectivity index (χ3v) is 6.99. The van der Waals surface area contributed by atoms with Crippen molar-refractivity contribution in [2.24, 2.45) is 0 Å². The minimum absolute atomic E-state index is 0. The van der Waals surface area contributed by atoms with Crippen LogP contribution in [0.5, 0.6) is 0 Å². The van der Waals surface area contributed by atoms with E-state index in [2.05, 4.69) is 79.9 Å². The first kappa shape index (κ1) is 33.0. The van der Waals surface area contributed by atoms with Gasteiger partial charge in [-0.15, -0.1) is 0 Å². The first-order valence-electron chi connectivity index (χ1n) is 10.6. The predicted molar refractivity (Wildman–Crippen MR) is 126 cm³/mol. The number of nitrogens with zero attached hydrogens (tertiary/aromatic N) is 2. The van der Waals surface area contributed by atoms with E-state index in [-0.39, 0.29) is 34.1 Å². The molecule has 170 valence electrons. The molecule has 0 bridgehead atoms. The second-order valence-electron chi connectivity index (χ2n) is 8.30. The van der Waals surface area contributed by atoms with E-state index >= 15 is 0 Å². The molecule has 0 spiro atoms. The molecular weight excluding hydrogens is 476 g/mol. The van der Waals surface area contributed by atoms with Crippen LogP contribution >= 0.6 is 0 Å². The Hall–Kier alpha value is 0.959. The molecule has 4 fully saturated rings. The summed E-state index contributed by atoms with van der Waals surface area (Å²) < 4.78 is 0. The molecule has 4 aliphatic rings. The number of hydrogen-bond acceptors (Lipinski definition) is 0. The van der Waals surface area contributed by atoms with E-state index < -0.39 is 0 Å². The van der Waals surface area contributed by atoms with E-state index in [0.29, 0.717) is 0 Å². The second kappa shape index (κ2) is 15.2. The Kier molecular flexibility index (Phi) is 15.6. The summed E-state index contributed by atoms with van der Waals surface area (Å²) in [5.74, 6) is 14.7. The van der Waals surface area contributed by atoms with Crippen LogP contribution in [0.3, 0.4) is 0 Å². The Labute approximate surface area is 223 Å². The molecule has 0 aromatic heterocycles. The predicted octanol–water partition coefficient (Wildman–Crippen LogP) is 6.37. The topological polar surface area (TPSA) is 28.2 Å². The normalized spacial score (nSPS) is 27.2. The summed E-state index contributed by atoms with van der Waals surface area (Å²) in [6.07, 6.45) is 7.71. The number of hydrogen-bond donors (Lipinski definition) is 0. The van der Waals surface area contributed by atoms with Gasteiger partial charge >= 0.3 is 34.1 Å². The Morgan fingerprint density at radius 1 is 0.375 bits per heavy atom. The van der Waals surface area contributed by atoms with Crippen LogP contribution in [0, 0.1) is 110 Å². The first-order chi connectivity index (χ1) is 14.1. The molecule has 2 heterocycles.